The lowest BCUT2D eigenvalue weighted by Crippen LogP contribution is -2.50. The zero-order valence-corrected chi connectivity index (χ0v) is 17.5. The minimum atomic E-state index is -3.73. The van der Waals surface area contributed by atoms with Crippen molar-refractivity contribution >= 4 is 37.5 Å². The Morgan fingerprint density at radius 2 is 1.89 bits per heavy atom. The minimum absolute atomic E-state index is 0.0239. The molecule has 1 N–H and O–H groups in total. The Morgan fingerprint density at radius 1 is 1.19 bits per heavy atom. The predicted octanol–water partition coefficient (Wildman–Crippen LogP) is 3.50. The number of rotatable bonds is 4. The Kier molecular flexibility index (Phi) is 5.88. The summed E-state index contributed by atoms with van der Waals surface area (Å²) in [5.74, 6) is -0.137. The molecule has 2 aromatic carbocycles. The molecule has 1 saturated heterocycles. The monoisotopic (exact) mass is 452 g/mol. The number of carbonyl (C=O) groups is 1. The van der Waals surface area contributed by atoms with Gasteiger partial charge < -0.3 is 9.64 Å². The van der Waals surface area contributed by atoms with Crippen molar-refractivity contribution in [2.24, 2.45) is 0 Å². The average molecular weight is 453 g/mol. The predicted molar refractivity (Wildman–Crippen MR) is 107 cm³/mol. The lowest BCUT2D eigenvalue weighted by Gasteiger charge is -2.36. The van der Waals surface area contributed by atoms with E-state index in [0.29, 0.717) is 24.4 Å². The Morgan fingerprint density at radius 3 is 2.59 bits per heavy atom. The largest absolute Gasteiger partial charge is 0.375 e. The molecule has 1 aliphatic rings. The molecule has 0 bridgehead atoms. The molecule has 144 valence electrons. The van der Waals surface area contributed by atoms with Crippen LogP contribution in [0.15, 0.2) is 57.9 Å². The summed E-state index contributed by atoms with van der Waals surface area (Å²) >= 11 is 3.28. The second-order valence-corrected chi connectivity index (χ2v) is 9.19. The third-order valence-corrected chi connectivity index (χ3v) is 6.28. The Hall–Kier alpha value is -1.90. The molecule has 2 unspecified atom stereocenters. The Balaban J connectivity index is 1.81. The fraction of sp³-hybridized carbons (Fsp3) is 0.316. The number of hydrogen-bond donors (Lipinski definition) is 1. The van der Waals surface area contributed by atoms with E-state index >= 15 is 0 Å². The summed E-state index contributed by atoms with van der Waals surface area (Å²) in [6, 6.07) is 12.9. The highest BCUT2D eigenvalue weighted by atomic mass is 79.9. The van der Waals surface area contributed by atoms with Crippen molar-refractivity contribution in [3.05, 3.63) is 58.6 Å². The van der Waals surface area contributed by atoms with Gasteiger partial charge in [-0.2, -0.15) is 0 Å². The van der Waals surface area contributed by atoms with Crippen molar-refractivity contribution in [2.45, 2.75) is 30.9 Å². The number of anilines is 1. The van der Waals surface area contributed by atoms with E-state index in [1.165, 1.54) is 12.1 Å². The summed E-state index contributed by atoms with van der Waals surface area (Å²) in [4.78, 5) is 14.8. The van der Waals surface area contributed by atoms with Crippen molar-refractivity contribution in [3.8, 4) is 0 Å². The molecule has 0 aliphatic carbocycles. The van der Waals surface area contributed by atoms with Gasteiger partial charge in [0.1, 0.15) is 0 Å². The number of nitrogens with one attached hydrogen (secondary N) is 1. The van der Waals surface area contributed by atoms with E-state index in [0.717, 1.165) is 4.47 Å². The number of ether oxygens (including phenoxy) is 1. The number of hydrogen-bond acceptors (Lipinski definition) is 4. The number of benzene rings is 2. The molecule has 0 aromatic heterocycles. The standard InChI is InChI=1S/C19H21BrN2O4S/c1-13-12-26-14(2)11-22(13)19(23)15-4-3-5-17(10-15)21-27(24,25)18-8-6-16(20)7-9-18/h3-10,13-14,21H,11-12H2,1-2H3. The van der Waals surface area contributed by atoms with Gasteiger partial charge in [-0.3, -0.25) is 9.52 Å². The molecule has 2 atom stereocenters. The van der Waals surface area contributed by atoms with Crippen molar-refractivity contribution in [1.29, 1.82) is 0 Å². The highest BCUT2D eigenvalue weighted by Crippen LogP contribution is 2.21. The first-order chi connectivity index (χ1) is 12.8. The SMILES string of the molecule is CC1CN(C(=O)c2cccc(NS(=O)(=O)c3ccc(Br)cc3)c2)C(C)CO1. The minimum Gasteiger partial charge on any atom is -0.375 e. The second kappa shape index (κ2) is 8.00. The molecule has 8 heteroatoms. The summed E-state index contributed by atoms with van der Waals surface area (Å²) in [6.45, 7) is 4.86. The van der Waals surface area contributed by atoms with Crippen LogP contribution in [0.3, 0.4) is 0 Å². The maximum Gasteiger partial charge on any atom is 0.261 e. The number of halogens is 1. The van der Waals surface area contributed by atoms with E-state index in [1.807, 2.05) is 13.8 Å². The molecule has 1 fully saturated rings. The average Bonchev–Trinajstić information content (AvgIpc) is 2.63. The molecule has 27 heavy (non-hydrogen) atoms. The van der Waals surface area contributed by atoms with Gasteiger partial charge in [0.15, 0.2) is 0 Å². The van der Waals surface area contributed by atoms with Crippen molar-refractivity contribution in [3.63, 3.8) is 0 Å². The van der Waals surface area contributed by atoms with Crippen LogP contribution in [0.5, 0.6) is 0 Å². The molecule has 3 rings (SSSR count). The highest BCUT2D eigenvalue weighted by molar-refractivity contribution is 9.10. The van der Waals surface area contributed by atoms with Gasteiger partial charge >= 0.3 is 0 Å². The number of morpholine rings is 1. The summed E-state index contributed by atoms with van der Waals surface area (Å²) in [5.41, 5.74) is 0.782. The van der Waals surface area contributed by atoms with Crippen LogP contribution in [0.25, 0.3) is 0 Å². The summed E-state index contributed by atoms with van der Waals surface area (Å²) in [6.07, 6.45) is -0.0239. The Bertz CT molecular complexity index is 931. The third-order valence-electron chi connectivity index (χ3n) is 4.35. The topological polar surface area (TPSA) is 75.7 Å². The van der Waals surface area contributed by atoms with Gasteiger partial charge in [0.2, 0.25) is 0 Å². The maximum atomic E-state index is 12.9. The normalized spacial score (nSPS) is 20.3. The van der Waals surface area contributed by atoms with E-state index in [9.17, 15) is 13.2 Å². The highest BCUT2D eigenvalue weighted by Gasteiger charge is 2.28. The van der Waals surface area contributed by atoms with Gasteiger partial charge in [-0.15, -0.1) is 0 Å². The molecule has 0 saturated carbocycles. The van der Waals surface area contributed by atoms with Crippen molar-refractivity contribution in [1.82, 2.24) is 4.90 Å². The summed E-state index contributed by atoms with van der Waals surface area (Å²) in [7, 11) is -3.73. The third kappa shape index (κ3) is 4.69. The number of carbonyl (C=O) groups excluding carboxylic acids is 1. The molecule has 2 aromatic rings. The fourth-order valence-corrected chi connectivity index (χ4v) is 4.21. The van der Waals surface area contributed by atoms with Crippen LogP contribution in [0, 0.1) is 0 Å². The van der Waals surface area contributed by atoms with Gasteiger partial charge in [0.05, 0.1) is 23.6 Å². The zero-order chi connectivity index (χ0) is 19.6. The first-order valence-corrected chi connectivity index (χ1v) is 10.8. The first kappa shape index (κ1) is 19.9. The maximum absolute atomic E-state index is 12.9. The molecule has 0 spiro atoms. The van der Waals surface area contributed by atoms with Gasteiger partial charge in [-0.25, -0.2) is 8.42 Å². The quantitative estimate of drug-likeness (QED) is 0.769. The van der Waals surface area contributed by atoms with Crippen LogP contribution in [-0.4, -0.2) is 44.5 Å². The second-order valence-electron chi connectivity index (χ2n) is 6.59. The first-order valence-electron chi connectivity index (χ1n) is 8.57. The molecular formula is C19H21BrN2O4S. The number of nitrogens with zero attached hydrogens (tertiary/aromatic N) is 1. The molecule has 1 amide bonds. The molecular weight excluding hydrogens is 432 g/mol. The van der Waals surface area contributed by atoms with Crippen LogP contribution in [0.2, 0.25) is 0 Å². The summed E-state index contributed by atoms with van der Waals surface area (Å²) in [5, 5.41) is 0. The van der Waals surface area contributed by atoms with Crippen LogP contribution in [-0.2, 0) is 14.8 Å². The van der Waals surface area contributed by atoms with Crippen LogP contribution in [0.1, 0.15) is 24.2 Å². The number of sulfonamides is 1. The Labute approximate surface area is 167 Å². The van der Waals surface area contributed by atoms with Crippen molar-refractivity contribution < 1.29 is 17.9 Å². The smallest absolute Gasteiger partial charge is 0.261 e. The molecule has 1 aliphatic heterocycles. The van der Waals surface area contributed by atoms with Crippen LogP contribution >= 0.6 is 15.9 Å². The van der Waals surface area contributed by atoms with E-state index in [1.54, 1.807) is 41.3 Å². The zero-order valence-electron chi connectivity index (χ0n) is 15.1. The lowest BCUT2D eigenvalue weighted by molar-refractivity contribution is -0.0387. The van der Waals surface area contributed by atoms with Gasteiger partial charge in [0, 0.05) is 22.3 Å². The summed E-state index contributed by atoms with van der Waals surface area (Å²) < 4.78 is 34.0. The van der Waals surface area contributed by atoms with E-state index in [2.05, 4.69) is 20.7 Å². The van der Waals surface area contributed by atoms with E-state index < -0.39 is 10.0 Å². The molecule has 0 radical (unpaired) electrons. The van der Waals surface area contributed by atoms with Gasteiger partial charge in [-0.1, -0.05) is 22.0 Å². The van der Waals surface area contributed by atoms with Crippen LogP contribution < -0.4 is 4.72 Å². The lowest BCUT2D eigenvalue weighted by atomic mass is 10.1. The van der Waals surface area contributed by atoms with Crippen LogP contribution in [0.4, 0.5) is 5.69 Å². The fourth-order valence-electron chi connectivity index (χ4n) is 2.90. The van der Waals surface area contributed by atoms with E-state index in [4.69, 9.17) is 4.74 Å². The number of amides is 1. The van der Waals surface area contributed by atoms with Gasteiger partial charge in [0.25, 0.3) is 15.9 Å². The molecule has 1 heterocycles. The van der Waals surface area contributed by atoms with Crippen molar-refractivity contribution in [2.75, 3.05) is 17.9 Å². The molecule has 6 nitrogen and oxygen atoms in total. The van der Waals surface area contributed by atoms with Gasteiger partial charge in [-0.05, 0) is 56.3 Å². The van der Waals surface area contributed by atoms with E-state index in [-0.39, 0.29) is 22.9 Å².